The number of benzene rings is 3. The molecule has 0 fully saturated rings. The molecule has 6 heteroatoms. The molecule has 0 spiro atoms. The van der Waals surface area contributed by atoms with Crippen LogP contribution in [-0.2, 0) is 16.3 Å². The van der Waals surface area contributed by atoms with E-state index in [-0.39, 0.29) is 11.3 Å². The Balaban J connectivity index is 2.11. The fourth-order valence-electron chi connectivity index (χ4n) is 3.37. The van der Waals surface area contributed by atoms with Crippen LogP contribution in [0.5, 0.6) is 11.5 Å². The number of hydrogen-bond donors (Lipinski definition) is 1. The van der Waals surface area contributed by atoms with Gasteiger partial charge in [0.2, 0.25) is 9.84 Å². The smallest absolute Gasteiger partial charge is 0.201 e. The maximum Gasteiger partial charge on any atom is 0.201 e. The van der Waals surface area contributed by atoms with Crippen molar-refractivity contribution in [1.82, 2.24) is 0 Å². The van der Waals surface area contributed by atoms with Gasteiger partial charge in [0, 0.05) is 6.42 Å². The van der Waals surface area contributed by atoms with E-state index in [1.807, 2.05) is 19.1 Å². The minimum Gasteiger partial charge on any atom is -0.497 e. The van der Waals surface area contributed by atoms with Crippen LogP contribution in [0.1, 0.15) is 16.7 Å². The summed E-state index contributed by atoms with van der Waals surface area (Å²) >= 11 is 0. The molecule has 2 N–H and O–H groups in total. The maximum absolute atomic E-state index is 13.8. The topological polar surface area (TPSA) is 78.6 Å². The van der Waals surface area contributed by atoms with Crippen molar-refractivity contribution in [2.24, 2.45) is 5.73 Å². The molecule has 5 nitrogen and oxygen atoms in total. The Morgan fingerprint density at radius 1 is 0.871 bits per heavy atom. The summed E-state index contributed by atoms with van der Waals surface area (Å²) in [6.45, 7) is 6.02. The predicted octanol–water partition coefficient (Wildman–Crippen LogP) is 4.40. The number of hydrogen-bond acceptors (Lipinski definition) is 5. The number of ether oxygens (including phenoxy) is 2. The summed E-state index contributed by atoms with van der Waals surface area (Å²) in [6.07, 6.45) is 0.0536. The minimum absolute atomic E-state index is 0.0536. The van der Waals surface area contributed by atoms with Crippen molar-refractivity contribution in [2.45, 2.75) is 23.1 Å². The standard InChI is InChI=1S/C25H27NO4S/c1-18-5-15-24(16-6-18)31(27,28)25(26,17-20-7-11-22(29-3)12-8-20)19(2)21-9-13-23(30-4)14-10-21/h5-16H,2,17,26H2,1,3-4H3. The van der Waals surface area contributed by atoms with Crippen molar-refractivity contribution < 1.29 is 17.9 Å². The lowest BCUT2D eigenvalue weighted by molar-refractivity contribution is 0.414. The Labute approximate surface area is 184 Å². The van der Waals surface area contributed by atoms with Gasteiger partial charge in [-0.15, -0.1) is 0 Å². The van der Waals surface area contributed by atoms with Crippen LogP contribution in [0.4, 0.5) is 0 Å². The SMILES string of the molecule is C=C(c1ccc(OC)cc1)C(N)(Cc1ccc(OC)cc1)S(=O)(=O)c1ccc(C)cc1. The predicted molar refractivity (Wildman–Crippen MR) is 124 cm³/mol. The molecule has 31 heavy (non-hydrogen) atoms. The van der Waals surface area contributed by atoms with Gasteiger partial charge in [-0.3, -0.25) is 0 Å². The van der Waals surface area contributed by atoms with Crippen molar-refractivity contribution in [2.75, 3.05) is 14.2 Å². The van der Waals surface area contributed by atoms with Crippen LogP contribution in [0.25, 0.3) is 5.57 Å². The lowest BCUT2D eigenvalue weighted by atomic mass is 9.94. The fourth-order valence-corrected chi connectivity index (χ4v) is 5.09. The summed E-state index contributed by atoms with van der Waals surface area (Å²) in [7, 11) is -0.828. The zero-order valence-electron chi connectivity index (χ0n) is 18.0. The molecule has 3 rings (SSSR count). The number of aryl methyl sites for hydroxylation is 1. The van der Waals surface area contributed by atoms with Crippen molar-refractivity contribution in [3.63, 3.8) is 0 Å². The van der Waals surface area contributed by atoms with Gasteiger partial charge in [-0.25, -0.2) is 8.42 Å². The van der Waals surface area contributed by atoms with Crippen LogP contribution in [0.3, 0.4) is 0 Å². The number of methoxy groups -OCH3 is 2. The molecule has 3 aromatic carbocycles. The molecule has 0 amide bonds. The first-order chi connectivity index (χ1) is 14.7. The molecule has 0 radical (unpaired) electrons. The monoisotopic (exact) mass is 437 g/mol. The molecule has 1 unspecified atom stereocenters. The third-order valence-electron chi connectivity index (χ3n) is 5.39. The van der Waals surface area contributed by atoms with Crippen LogP contribution < -0.4 is 15.2 Å². The number of sulfone groups is 1. The average Bonchev–Trinajstić information content (AvgIpc) is 2.79. The summed E-state index contributed by atoms with van der Waals surface area (Å²) in [5.41, 5.74) is 9.41. The summed E-state index contributed by atoms with van der Waals surface area (Å²) in [4.78, 5) is -1.60. The van der Waals surface area contributed by atoms with E-state index < -0.39 is 14.7 Å². The molecule has 162 valence electrons. The molecule has 0 heterocycles. The Morgan fingerprint density at radius 3 is 1.84 bits per heavy atom. The van der Waals surface area contributed by atoms with Gasteiger partial charge in [-0.1, -0.05) is 48.5 Å². The molecule has 1 atom stereocenters. The van der Waals surface area contributed by atoms with Crippen LogP contribution in [0.15, 0.2) is 84.3 Å². The van der Waals surface area contributed by atoms with E-state index in [4.69, 9.17) is 15.2 Å². The van der Waals surface area contributed by atoms with Crippen LogP contribution in [0, 0.1) is 6.92 Å². The fraction of sp³-hybridized carbons (Fsp3) is 0.200. The van der Waals surface area contributed by atoms with E-state index in [0.29, 0.717) is 22.6 Å². The zero-order chi connectivity index (χ0) is 22.6. The average molecular weight is 438 g/mol. The normalized spacial score (nSPS) is 13.3. The third-order valence-corrected chi connectivity index (χ3v) is 7.63. The van der Waals surface area contributed by atoms with Crippen LogP contribution in [0.2, 0.25) is 0 Å². The molecular weight excluding hydrogens is 410 g/mol. The molecule has 0 aliphatic carbocycles. The highest BCUT2D eigenvalue weighted by Gasteiger charge is 2.44. The van der Waals surface area contributed by atoms with E-state index in [1.54, 1.807) is 74.9 Å². The minimum atomic E-state index is -3.98. The maximum atomic E-state index is 13.8. The Hall–Kier alpha value is -3.09. The molecule has 0 aromatic heterocycles. The van der Waals surface area contributed by atoms with E-state index in [1.165, 1.54) is 0 Å². The molecule has 3 aromatic rings. The Bertz CT molecular complexity index is 1150. The van der Waals surface area contributed by atoms with Gasteiger partial charge in [-0.05, 0) is 60.0 Å². The first-order valence-electron chi connectivity index (χ1n) is 9.78. The van der Waals surface area contributed by atoms with Crippen LogP contribution >= 0.6 is 0 Å². The largest absolute Gasteiger partial charge is 0.497 e. The number of rotatable bonds is 8. The Morgan fingerprint density at radius 2 is 1.35 bits per heavy atom. The summed E-state index contributed by atoms with van der Waals surface area (Å²) in [5.74, 6) is 1.34. The van der Waals surface area contributed by atoms with Gasteiger partial charge in [0.25, 0.3) is 0 Å². The molecule has 0 saturated carbocycles. The van der Waals surface area contributed by atoms with E-state index in [2.05, 4.69) is 6.58 Å². The number of nitrogens with two attached hydrogens (primary N) is 1. The zero-order valence-corrected chi connectivity index (χ0v) is 18.8. The van der Waals surface area contributed by atoms with Gasteiger partial charge < -0.3 is 15.2 Å². The van der Waals surface area contributed by atoms with Gasteiger partial charge in [-0.2, -0.15) is 0 Å². The second-order valence-corrected chi connectivity index (χ2v) is 9.64. The van der Waals surface area contributed by atoms with Crippen molar-refractivity contribution in [3.05, 3.63) is 96.1 Å². The molecule has 0 aliphatic heterocycles. The highest BCUT2D eigenvalue weighted by molar-refractivity contribution is 7.93. The molecule has 0 saturated heterocycles. The van der Waals surface area contributed by atoms with Gasteiger partial charge in [0.15, 0.2) is 4.87 Å². The molecule has 0 aliphatic rings. The lowest BCUT2D eigenvalue weighted by Crippen LogP contribution is -2.50. The Kier molecular flexibility index (Phi) is 6.53. The molecule has 0 bridgehead atoms. The van der Waals surface area contributed by atoms with E-state index in [9.17, 15) is 8.42 Å². The van der Waals surface area contributed by atoms with Crippen molar-refractivity contribution in [3.8, 4) is 11.5 Å². The molecular formula is C25H27NO4S. The van der Waals surface area contributed by atoms with Gasteiger partial charge in [0.05, 0.1) is 19.1 Å². The van der Waals surface area contributed by atoms with Gasteiger partial charge in [0.1, 0.15) is 11.5 Å². The van der Waals surface area contributed by atoms with Crippen molar-refractivity contribution >= 4 is 15.4 Å². The highest BCUT2D eigenvalue weighted by Crippen LogP contribution is 2.37. The van der Waals surface area contributed by atoms with Gasteiger partial charge >= 0.3 is 0 Å². The van der Waals surface area contributed by atoms with Crippen molar-refractivity contribution in [1.29, 1.82) is 0 Å². The second-order valence-electron chi connectivity index (χ2n) is 7.44. The first-order valence-corrected chi connectivity index (χ1v) is 11.3. The first kappa shape index (κ1) is 22.6. The lowest BCUT2D eigenvalue weighted by Gasteiger charge is -2.32. The summed E-state index contributed by atoms with van der Waals surface area (Å²) < 4.78 is 38.0. The summed E-state index contributed by atoms with van der Waals surface area (Å²) in [5, 5.41) is 0. The highest BCUT2D eigenvalue weighted by atomic mass is 32.2. The van der Waals surface area contributed by atoms with E-state index >= 15 is 0 Å². The van der Waals surface area contributed by atoms with E-state index in [0.717, 1.165) is 11.1 Å². The third kappa shape index (κ3) is 4.50. The summed E-state index contributed by atoms with van der Waals surface area (Å²) in [6, 6.07) is 20.9. The quantitative estimate of drug-likeness (QED) is 0.565. The second kappa shape index (κ2) is 8.96. The van der Waals surface area contributed by atoms with Crippen LogP contribution in [-0.4, -0.2) is 27.5 Å².